The predicted molar refractivity (Wildman–Crippen MR) is 31.5 cm³/mol. The fourth-order valence-corrected chi connectivity index (χ4v) is 0. The van der Waals surface area contributed by atoms with Crippen LogP contribution in [0.3, 0.4) is 0 Å². The molecule has 0 amide bonds. The molecule has 1 nitrogen and oxygen atoms in total. The first-order chi connectivity index (χ1) is 1.00. The Labute approximate surface area is 68.2 Å². The van der Waals surface area contributed by atoms with Crippen LogP contribution in [0.4, 0.5) is 0 Å². The van der Waals surface area contributed by atoms with Crippen LogP contribution < -0.4 is 0 Å². The molecule has 0 aromatic carbocycles. The van der Waals surface area contributed by atoms with Crippen molar-refractivity contribution in [2.24, 2.45) is 0 Å². The van der Waals surface area contributed by atoms with E-state index in [2.05, 4.69) is 0 Å². The minimum absolute atomic E-state index is 0. The average Bonchev–Trinajstić information content (AvgIpc) is 1.00. The summed E-state index contributed by atoms with van der Waals surface area (Å²) in [6, 6.07) is 0. The van der Waals surface area contributed by atoms with Gasteiger partial charge in [0.2, 0.25) is 0 Å². The van der Waals surface area contributed by atoms with Gasteiger partial charge in [0, 0.05) is 0 Å². The van der Waals surface area contributed by atoms with Gasteiger partial charge in [-0.2, -0.15) is 0 Å². The van der Waals surface area contributed by atoms with Crippen LogP contribution in [0.25, 0.3) is 0 Å². The van der Waals surface area contributed by atoms with Gasteiger partial charge in [-0.1, -0.05) is 0 Å². The second-order valence-electron chi connectivity index (χ2n) is 0. The van der Waals surface area contributed by atoms with Crippen LogP contribution in [-0.4, -0.2) is 0 Å². The summed E-state index contributed by atoms with van der Waals surface area (Å²) in [6.07, 6.45) is 0. The van der Waals surface area contributed by atoms with E-state index in [9.17, 15) is 0 Å². The molecule has 0 radical (unpaired) electrons. The Morgan fingerprint density at radius 3 is 1.00 bits per heavy atom. The van der Waals surface area contributed by atoms with Crippen LogP contribution >= 0.6 is 48.0 Å². The fraction of sp³-hybridized carbons (Fsp3) is 0. The topological polar surface area (TPSA) is 17.1 Å². The van der Waals surface area contributed by atoms with E-state index >= 15 is 0 Å². The second kappa shape index (κ2) is 21.0. The van der Waals surface area contributed by atoms with Crippen LogP contribution in [0.2, 0.25) is 0 Å². The molecule has 0 rings (SSSR count). The van der Waals surface area contributed by atoms with Crippen molar-refractivity contribution in [1.29, 1.82) is 0 Å². The van der Waals surface area contributed by atoms with E-state index in [1.165, 1.54) is 0 Å². The van der Waals surface area contributed by atoms with Gasteiger partial charge in [-0.05, 0) is 0 Å². The first kappa shape index (κ1) is 17.0. The molecule has 0 bridgehead atoms. The summed E-state index contributed by atoms with van der Waals surface area (Å²) >= 11 is 1.06. The van der Waals surface area contributed by atoms with Gasteiger partial charge >= 0.3 is 21.0 Å². The maximum atomic E-state index is 8.19. The summed E-state index contributed by atoms with van der Waals surface area (Å²) in [4.78, 5) is 0. The Hall–Kier alpha value is 1.84. The van der Waals surface area contributed by atoms with Crippen LogP contribution in [0.5, 0.6) is 0 Å². The Balaban J connectivity index is -0.00000000500. The van der Waals surface area contributed by atoms with E-state index in [1.54, 1.807) is 0 Å². The molecular formula is H2I2OV. The molecule has 0 spiro atoms. The Bertz CT molecular complexity index is 6.00. The third kappa shape index (κ3) is 9.14. The number of halogens is 2. The normalized spacial score (nSPS) is 0.750. The zero-order chi connectivity index (χ0) is 2.00. The molecule has 0 aliphatic rings. The average molecular weight is 323 g/mol. The third-order valence-corrected chi connectivity index (χ3v) is 0. The van der Waals surface area contributed by atoms with E-state index in [0.717, 1.165) is 17.4 Å². The van der Waals surface area contributed by atoms with Gasteiger partial charge in [0.1, 0.15) is 0 Å². The summed E-state index contributed by atoms with van der Waals surface area (Å²) in [5.41, 5.74) is 0. The van der Waals surface area contributed by atoms with Gasteiger partial charge in [0.05, 0.1) is 0 Å². The molecule has 0 heterocycles. The van der Waals surface area contributed by atoms with Crippen LogP contribution in [-0.2, 0) is 21.0 Å². The predicted octanol–water partition coefficient (Wildman–Crippen LogP) is 1.11. The van der Waals surface area contributed by atoms with E-state index in [4.69, 9.17) is 3.67 Å². The number of hydrogen-bond donors (Lipinski definition) is 0. The SMILES string of the molecule is I.I.[O]=[V]. The summed E-state index contributed by atoms with van der Waals surface area (Å²) < 4.78 is 8.19. The van der Waals surface area contributed by atoms with Crippen molar-refractivity contribution < 1.29 is 21.0 Å². The van der Waals surface area contributed by atoms with Crippen LogP contribution in [0, 0.1) is 0 Å². The molecule has 4 heteroatoms. The summed E-state index contributed by atoms with van der Waals surface area (Å²) in [7, 11) is 0. The molecule has 27 valence electrons. The molecule has 0 N–H and O–H groups in total. The van der Waals surface area contributed by atoms with Gasteiger partial charge in [-0.25, -0.2) is 0 Å². The fourth-order valence-electron chi connectivity index (χ4n) is 0. The van der Waals surface area contributed by atoms with Crippen molar-refractivity contribution in [2.75, 3.05) is 0 Å². The van der Waals surface area contributed by atoms with Crippen molar-refractivity contribution in [3.8, 4) is 0 Å². The quantitative estimate of drug-likeness (QED) is 0.611. The molecule has 0 aromatic rings. The van der Waals surface area contributed by atoms with Gasteiger partial charge in [0.25, 0.3) is 0 Å². The molecule has 0 saturated heterocycles. The van der Waals surface area contributed by atoms with Crippen molar-refractivity contribution in [1.82, 2.24) is 0 Å². The summed E-state index contributed by atoms with van der Waals surface area (Å²) in [5.74, 6) is 0. The first-order valence-corrected chi connectivity index (χ1v) is 0.753. The van der Waals surface area contributed by atoms with Crippen molar-refractivity contribution >= 4 is 48.0 Å². The standard InChI is InChI=1S/2HI.O.V/h2*1H;;. The third-order valence-electron chi connectivity index (χ3n) is 0. The maximum absolute atomic E-state index is 8.19. The van der Waals surface area contributed by atoms with Gasteiger partial charge in [-0.15, -0.1) is 48.0 Å². The van der Waals surface area contributed by atoms with Crippen molar-refractivity contribution in [2.45, 2.75) is 0 Å². The van der Waals surface area contributed by atoms with Crippen molar-refractivity contribution in [3.63, 3.8) is 0 Å². The molecule has 0 unspecified atom stereocenters. The number of rotatable bonds is 0. The van der Waals surface area contributed by atoms with E-state index in [-0.39, 0.29) is 48.0 Å². The Morgan fingerprint density at radius 2 is 1.00 bits per heavy atom. The Kier molecular flexibility index (Phi) is 89.2. The molecule has 0 fully saturated rings. The van der Waals surface area contributed by atoms with E-state index in [1.807, 2.05) is 0 Å². The monoisotopic (exact) mass is 323 g/mol. The van der Waals surface area contributed by atoms with Gasteiger partial charge < -0.3 is 0 Å². The summed E-state index contributed by atoms with van der Waals surface area (Å²) in [5, 5.41) is 0. The van der Waals surface area contributed by atoms with Gasteiger partial charge in [-0.3, -0.25) is 0 Å². The van der Waals surface area contributed by atoms with Crippen LogP contribution in [0.15, 0.2) is 0 Å². The van der Waals surface area contributed by atoms with E-state index < -0.39 is 0 Å². The molecule has 0 aliphatic carbocycles. The molecule has 0 aromatic heterocycles. The molecule has 0 atom stereocenters. The second-order valence-corrected chi connectivity index (χ2v) is 0. The molecule has 0 saturated carbocycles. The van der Waals surface area contributed by atoms with Gasteiger partial charge in [0.15, 0.2) is 0 Å². The first-order valence-electron chi connectivity index (χ1n) is 0.183. The molecular weight excluding hydrogens is 321 g/mol. The Morgan fingerprint density at radius 1 is 1.00 bits per heavy atom. The zero-order valence-corrected chi connectivity index (χ0v) is 7.73. The minimum atomic E-state index is 0. The molecule has 0 aliphatic heterocycles. The van der Waals surface area contributed by atoms with Crippen molar-refractivity contribution in [3.05, 3.63) is 0 Å². The molecule has 4 heavy (non-hydrogen) atoms. The number of hydrogen-bond acceptors (Lipinski definition) is 1. The summed E-state index contributed by atoms with van der Waals surface area (Å²) in [6.45, 7) is 0. The van der Waals surface area contributed by atoms with E-state index in [0.29, 0.717) is 0 Å². The zero-order valence-electron chi connectivity index (χ0n) is 1.67. The van der Waals surface area contributed by atoms with Crippen LogP contribution in [0.1, 0.15) is 0 Å².